The molecule has 0 saturated carbocycles. The van der Waals surface area contributed by atoms with Crippen LogP contribution >= 0.6 is 0 Å². The van der Waals surface area contributed by atoms with Crippen LogP contribution in [0.2, 0.25) is 0 Å². The number of rotatable bonds is 2. The second-order valence-electron chi connectivity index (χ2n) is 5.76. The summed E-state index contributed by atoms with van der Waals surface area (Å²) in [5.41, 5.74) is -0.616. The van der Waals surface area contributed by atoms with E-state index in [2.05, 4.69) is 10.2 Å². The Morgan fingerprint density at radius 2 is 1.19 bits per heavy atom. The molecule has 1 aromatic heterocycles. The van der Waals surface area contributed by atoms with Crippen molar-refractivity contribution in [2.75, 3.05) is 0 Å². The van der Waals surface area contributed by atoms with Gasteiger partial charge in [0.05, 0.1) is 11.1 Å². The van der Waals surface area contributed by atoms with E-state index in [1.54, 1.807) is 13.1 Å². The van der Waals surface area contributed by atoms with E-state index >= 15 is 0 Å². The molecular formula is C19H11F4N3. The number of fused-ring (bicyclic) bond motifs is 1. The van der Waals surface area contributed by atoms with Crippen LogP contribution in [0.25, 0.3) is 33.3 Å². The molecule has 0 radical (unpaired) electrons. The summed E-state index contributed by atoms with van der Waals surface area (Å²) >= 11 is 0. The van der Waals surface area contributed by atoms with Crippen LogP contribution in [0, 0.1) is 23.3 Å². The van der Waals surface area contributed by atoms with Gasteiger partial charge in [0.2, 0.25) is 0 Å². The molecule has 0 amide bonds. The fourth-order valence-electron chi connectivity index (χ4n) is 2.92. The molecule has 4 rings (SSSR count). The normalized spacial score (nSPS) is 11.3. The van der Waals surface area contributed by atoms with Crippen molar-refractivity contribution < 1.29 is 17.6 Å². The van der Waals surface area contributed by atoms with Crippen molar-refractivity contribution in [3.05, 3.63) is 71.8 Å². The van der Waals surface area contributed by atoms with Crippen LogP contribution in [0.1, 0.15) is 0 Å². The average Bonchev–Trinajstić information content (AvgIpc) is 3.01. The summed E-state index contributed by atoms with van der Waals surface area (Å²) < 4.78 is 58.5. The molecule has 0 fully saturated rings. The van der Waals surface area contributed by atoms with Gasteiger partial charge in [-0.3, -0.25) is 0 Å². The summed E-state index contributed by atoms with van der Waals surface area (Å²) in [6, 6.07) is 11.6. The highest BCUT2D eigenvalue weighted by Crippen LogP contribution is 2.37. The first-order valence-corrected chi connectivity index (χ1v) is 7.70. The summed E-state index contributed by atoms with van der Waals surface area (Å²) in [6.07, 6.45) is 0. The highest BCUT2D eigenvalue weighted by atomic mass is 19.2. The molecule has 0 unspecified atom stereocenters. The van der Waals surface area contributed by atoms with Crippen LogP contribution in [0.4, 0.5) is 17.6 Å². The number of halogens is 4. The Bertz CT molecular complexity index is 1110. The predicted molar refractivity (Wildman–Crippen MR) is 89.2 cm³/mol. The first-order valence-electron chi connectivity index (χ1n) is 7.70. The van der Waals surface area contributed by atoms with E-state index in [-0.39, 0.29) is 11.1 Å². The fourth-order valence-corrected chi connectivity index (χ4v) is 2.92. The summed E-state index contributed by atoms with van der Waals surface area (Å²) in [7, 11) is 1.59. The van der Waals surface area contributed by atoms with Crippen LogP contribution in [0.3, 0.4) is 0 Å². The van der Waals surface area contributed by atoms with Gasteiger partial charge in [0.25, 0.3) is 0 Å². The van der Waals surface area contributed by atoms with Gasteiger partial charge in [-0.1, -0.05) is 36.4 Å². The van der Waals surface area contributed by atoms with E-state index in [0.29, 0.717) is 11.0 Å². The first-order chi connectivity index (χ1) is 12.5. The predicted octanol–water partition coefficient (Wildman–Crippen LogP) is 4.86. The lowest BCUT2D eigenvalue weighted by Gasteiger charge is -2.12. The van der Waals surface area contributed by atoms with Gasteiger partial charge >= 0.3 is 0 Å². The van der Waals surface area contributed by atoms with Crippen LogP contribution in [0.5, 0.6) is 0 Å². The minimum Gasteiger partial charge on any atom is -0.203 e. The van der Waals surface area contributed by atoms with Crippen LogP contribution in [0.15, 0.2) is 48.5 Å². The molecule has 0 saturated heterocycles. The van der Waals surface area contributed by atoms with Gasteiger partial charge in [-0.15, -0.1) is 0 Å². The standard InChI is InChI=1S/C19H11F4N3/c1-26-24-12-8-7-11(9-13(12)25-26)15-18(22)16(20)14(17(21)19(15)23)10-5-3-2-4-6-10/h2-9H,1H3. The lowest BCUT2D eigenvalue weighted by atomic mass is 9.97. The molecule has 7 heteroatoms. The number of benzene rings is 3. The molecule has 4 aromatic rings. The maximum Gasteiger partial charge on any atom is 0.170 e. The van der Waals surface area contributed by atoms with Crippen molar-refractivity contribution >= 4 is 11.0 Å². The Labute approximate surface area is 145 Å². The molecule has 3 aromatic carbocycles. The molecule has 0 aliphatic rings. The molecule has 3 nitrogen and oxygen atoms in total. The maximum absolute atomic E-state index is 14.7. The van der Waals surface area contributed by atoms with Crippen molar-refractivity contribution in [1.82, 2.24) is 15.0 Å². The number of nitrogens with zero attached hydrogens (tertiary/aromatic N) is 3. The van der Waals surface area contributed by atoms with Crippen molar-refractivity contribution in [2.24, 2.45) is 7.05 Å². The van der Waals surface area contributed by atoms with Crippen LogP contribution < -0.4 is 0 Å². The molecule has 0 atom stereocenters. The Balaban J connectivity index is 1.97. The largest absolute Gasteiger partial charge is 0.203 e. The quantitative estimate of drug-likeness (QED) is 0.379. The third-order valence-electron chi connectivity index (χ3n) is 4.09. The lowest BCUT2D eigenvalue weighted by molar-refractivity contribution is 0.463. The molecule has 1 heterocycles. The van der Waals surface area contributed by atoms with Gasteiger partial charge in [-0.2, -0.15) is 15.0 Å². The van der Waals surface area contributed by atoms with E-state index in [9.17, 15) is 17.6 Å². The van der Waals surface area contributed by atoms with Gasteiger partial charge in [-0.05, 0) is 23.3 Å². The SMILES string of the molecule is Cn1nc2ccc(-c3c(F)c(F)c(-c4ccccc4)c(F)c3F)cc2n1. The molecule has 130 valence electrons. The Morgan fingerprint density at radius 3 is 1.81 bits per heavy atom. The van der Waals surface area contributed by atoms with Crippen molar-refractivity contribution in [1.29, 1.82) is 0 Å². The summed E-state index contributed by atoms with van der Waals surface area (Å²) in [5.74, 6) is -5.79. The molecule has 0 N–H and O–H groups in total. The van der Waals surface area contributed by atoms with Crippen molar-refractivity contribution in [3.8, 4) is 22.3 Å². The number of hydrogen-bond acceptors (Lipinski definition) is 2. The zero-order chi connectivity index (χ0) is 18.4. The third-order valence-corrected chi connectivity index (χ3v) is 4.09. The van der Waals surface area contributed by atoms with E-state index in [1.807, 2.05) is 0 Å². The summed E-state index contributed by atoms with van der Waals surface area (Å²) in [5, 5.41) is 8.09. The Morgan fingerprint density at radius 1 is 0.654 bits per heavy atom. The minimum atomic E-state index is -1.45. The fraction of sp³-hybridized carbons (Fsp3) is 0.0526. The smallest absolute Gasteiger partial charge is 0.170 e. The van der Waals surface area contributed by atoms with Gasteiger partial charge in [0.15, 0.2) is 23.3 Å². The highest BCUT2D eigenvalue weighted by Gasteiger charge is 2.27. The maximum atomic E-state index is 14.7. The van der Waals surface area contributed by atoms with Crippen molar-refractivity contribution in [2.45, 2.75) is 0 Å². The number of hydrogen-bond donors (Lipinski definition) is 0. The summed E-state index contributed by atoms with van der Waals surface area (Å²) in [6.45, 7) is 0. The minimum absolute atomic E-state index is 0.0228. The third kappa shape index (κ3) is 2.44. The second kappa shape index (κ2) is 5.94. The molecule has 0 aliphatic heterocycles. The van der Waals surface area contributed by atoms with Crippen LogP contribution in [-0.4, -0.2) is 15.0 Å². The Hall–Kier alpha value is -3.22. The van der Waals surface area contributed by atoms with Gasteiger partial charge in [0, 0.05) is 7.05 Å². The molecule has 0 spiro atoms. The van der Waals surface area contributed by atoms with Gasteiger partial charge in [-0.25, -0.2) is 17.6 Å². The molecule has 0 bridgehead atoms. The zero-order valence-electron chi connectivity index (χ0n) is 13.5. The molecule has 26 heavy (non-hydrogen) atoms. The van der Waals surface area contributed by atoms with Crippen molar-refractivity contribution in [3.63, 3.8) is 0 Å². The van der Waals surface area contributed by atoms with E-state index < -0.39 is 34.4 Å². The second-order valence-corrected chi connectivity index (χ2v) is 5.76. The number of aryl methyl sites for hydroxylation is 1. The summed E-state index contributed by atoms with van der Waals surface area (Å²) in [4.78, 5) is 1.29. The first kappa shape index (κ1) is 16.3. The topological polar surface area (TPSA) is 30.7 Å². The van der Waals surface area contributed by atoms with Gasteiger partial charge in [0.1, 0.15) is 11.0 Å². The van der Waals surface area contributed by atoms with Gasteiger partial charge < -0.3 is 0 Å². The van der Waals surface area contributed by atoms with E-state index in [1.165, 1.54) is 47.3 Å². The van der Waals surface area contributed by atoms with Crippen LogP contribution in [-0.2, 0) is 7.05 Å². The lowest BCUT2D eigenvalue weighted by Crippen LogP contribution is -2.03. The molecule has 0 aliphatic carbocycles. The highest BCUT2D eigenvalue weighted by molar-refractivity contribution is 5.82. The van der Waals surface area contributed by atoms with E-state index in [4.69, 9.17) is 0 Å². The zero-order valence-corrected chi connectivity index (χ0v) is 13.5. The average molecular weight is 357 g/mol. The number of aromatic nitrogens is 3. The van der Waals surface area contributed by atoms with E-state index in [0.717, 1.165) is 0 Å². The monoisotopic (exact) mass is 357 g/mol. The molecular weight excluding hydrogens is 346 g/mol. The Kier molecular flexibility index (Phi) is 3.72.